The molecule has 1 fully saturated rings. The third-order valence-electron chi connectivity index (χ3n) is 6.42. The number of aryl methyl sites for hydroxylation is 1. The number of amides is 2. The molecule has 0 radical (unpaired) electrons. The maximum atomic E-state index is 12.0. The number of thioether (sulfide) groups is 1. The van der Waals surface area contributed by atoms with Gasteiger partial charge in [-0.15, -0.1) is 11.8 Å². The number of nitrogens with zero attached hydrogens (tertiary/aromatic N) is 2. The van der Waals surface area contributed by atoms with Crippen LogP contribution in [0.1, 0.15) is 62.9 Å². The maximum Gasteiger partial charge on any atom is 0.407 e. The minimum absolute atomic E-state index is 0.129. The number of hydrogen-bond donors (Lipinski definition) is 1. The van der Waals surface area contributed by atoms with Gasteiger partial charge in [0.15, 0.2) is 0 Å². The number of pyridine rings is 1. The quantitative estimate of drug-likeness (QED) is 0.396. The number of nitrogens with one attached hydrogen (secondary N) is 1. The lowest BCUT2D eigenvalue weighted by atomic mass is 9.88. The average Bonchev–Trinajstić information content (AvgIpc) is 2.97. The van der Waals surface area contributed by atoms with Gasteiger partial charge in [0.2, 0.25) is 5.91 Å². The Kier molecular flexibility index (Phi) is 8.30. The second-order valence-corrected chi connectivity index (χ2v) is 11.8. The molecule has 0 unspecified atom stereocenters. The van der Waals surface area contributed by atoms with Crippen molar-refractivity contribution in [2.24, 2.45) is 0 Å². The van der Waals surface area contributed by atoms with Gasteiger partial charge in [0.05, 0.1) is 5.69 Å². The number of ether oxygens (including phenoxy) is 1. The largest absolute Gasteiger partial charge is 0.444 e. The van der Waals surface area contributed by atoms with Crippen LogP contribution in [-0.2, 0) is 22.4 Å². The lowest BCUT2D eigenvalue weighted by Crippen LogP contribution is -2.34. The maximum absolute atomic E-state index is 12.0. The fourth-order valence-corrected chi connectivity index (χ4v) is 5.94. The van der Waals surface area contributed by atoms with E-state index in [9.17, 15) is 9.59 Å². The van der Waals surface area contributed by atoms with Gasteiger partial charge in [0, 0.05) is 54.0 Å². The second kappa shape index (κ2) is 11.3. The van der Waals surface area contributed by atoms with E-state index in [4.69, 9.17) is 21.3 Å². The van der Waals surface area contributed by atoms with Crippen molar-refractivity contribution >= 4 is 40.9 Å². The van der Waals surface area contributed by atoms with Gasteiger partial charge in [-0.25, -0.2) is 4.79 Å². The Labute approximate surface area is 222 Å². The van der Waals surface area contributed by atoms with Crippen LogP contribution in [0.15, 0.2) is 40.9 Å². The molecule has 8 heteroatoms. The van der Waals surface area contributed by atoms with E-state index in [0.29, 0.717) is 6.54 Å². The molecular weight excluding hydrogens is 494 g/mol. The van der Waals surface area contributed by atoms with Gasteiger partial charge in [-0.05, 0) is 81.3 Å². The first-order chi connectivity index (χ1) is 17.1. The number of carbonyl (C=O) groups excluding carboxylic acids is 2. The Morgan fingerprint density at radius 3 is 2.58 bits per heavy atom. The molecule has 6 nitrogen and oxygen atoms in total. The highest BCUT2D eigenvalue weighted by Gasteiger charge is 2.27. The van der Waals surface area contributed by atoms with Crippen molar-refractivity contribution in [1.29, 1.82) is 0 Å². The lowest BCUT2D eigenvalue weighted by molar-refractivity contribution is -0.129. The van der Waals surface area contributed by atoms with Crippen molar-refractivity contribution in [3.8, 4) is 0 Å². The minimum atomic E-state index is -0.512. The molecule has 2 aromatic rings. The van der Waals surface area contributed by atoms with Gasteiger partial charge in [-0.1, -0.05) is 23.2 Å². The summed E-state index contributed by atoms with van der Waals surface area (Å²) in [6.07, 6.45) is 4.93. The van der Waals surface area contributed by atoms with Crippen LogP contribution in [0.3, 0.4) is 0 Å². The molecule has 1 saturated heterocycles. The molecular formula is C28H34ClN3O3S. The third-order valence-corrected chi connectivity index (χ3v) is 7.76. The summed E-state index contributed by atoms with van der Waals surface area (Å²) in [5.74, 6) is 0.859. The molecule has 36 heavy (non-hydrogen) atoms. The summed E-state index contributed by atoms with van der Waals surface area (Å²) in [4.78, 5) is 31.9. The SMILES string of the molecule is CC(=O)N1CCC(=C2c3ccc(Cl)cc3CCc3c(SCCNC(=O)OC(C)(C)C)ccnc32)CC1. The Bertz CT molecular complexity index is 1180. The van der Waals surface area contributed by atoms with Crippen molar-refractivity contribution in [1.82, 2.24) is 15.2 Å². The van der Waals surface area contributed by atoms with Crippen molar-refractivity contribution in [3.63, 3.8) is 0 Å². The van der Waals surface area contributed by atoms with Crippen LogP contribution in [0.4, 0.5) is 4.79 Å². The molecule has 0 spiro atoms. The van der Waals surface area contributed by atoms with Crippen LogP contribution in [0.25, 0.3) is 5.57 Å². The summed E-state index contributed by atoms with van der Waals surface area (Å²) in [7, 11) is 0. The van der Waals surface area contributed by atoms with Crippen molar-refractivity contribution in [2.75, 3.05) is 25.4 Å². The number of alkyl carbamates (subject to hydrolysis) is 1. The average molecular weight is 528 g/mol. The lowest BCUT2D eigenvalue weighted by Gasteiger charge is -2.29. The molecule has 2 aliphatic rings. The number of rotatable bonds is 4. The van der Waals surface area contributed by atoms with E-state index in [1.54, 1.807) is 18.7 Å². The van der Waals surface area contributed by atoms with Crippen LogP contribution in [0, 0.1) is 0 Å². The highest BCUT2D eigenvalue weighted by Crippen LogP contribution is 2.41. The van der Waals surface area contributed by atoms with E-state index in [0.717, 1.165) is 55.2 Å². The van der Waals surface area contributed by atoms with E-state index < -0.39 is 11.7 Å². The van der Waals surface area contributed by atoms with E-state index in [1.165, 1.54) is 32.7 Å². The number of piperidine rings is 1. The Balaban J connectivity index is 1.61. The van der Waals surface area contributed by atoms with Gasteiger partial charge in [-0.3, -0.25) is 9.78 Å². The first kappa shape index (κ1) is 26.6. The zero-order valence-electron chi connectivity index (χ0n) is 21.4. The number of halogens is 1. The number of likely N-dealkylation sites (tertiary alicyclic amines) is 1. The zero-order chi connectivity index (χ0) is 25.9. The van der Waals surface area contributed by atoms with Crippen molar-refractivity contribution in [2.45, 2.75) is 63.9 Å². The molecule has 0 saturated carbocycles. The van der Waals surface area contributed by atoms with Gasteiger partial charge in [0.1, 0.15) is 5.60 Å². The van der Waals surface area contributed by atoms with E-state index in [2.05, 4.69) is 23.5 Å². The third kappa shape index (κ3) is 6.43. The molecule has 2 amide bonds. The van der Waals surface area contributed by atoms with Crippen LogP contribution < -0.4 is 5.32 Å². The Hall–Kier alpha value is -2.51. The predicted octanol–water partition coefficient (Wildman–Crippen LogP) is 5.89. The number of aromatic nitrogens is 1. The first-order valence-corrected chi connectivity index (χ1v) is 13.8. The summed E-state index contributed by atoms with van der Waals surface area (Å²) >= 11 is 8.11. The summed E-state index contributed by atoms with van der Waals surface area (Å²) in [5, 5.41) is 3.58. The first-order valence-electron chi connectivity index (χ1n) is 12.5. The van der Waals surface area contributed by atoms with Crippen LogP contribution in [0.2, 0.25) is 5.02 Å². The smallest absolute Gasteiger partial charge is 0.407 e. The highest BCUT2D eigenvalue weighted by atomic mass is 35.5. The molecule has 1 aliphatic carbocycles. The molecule has 0 bridgehead atoms. The van der Waals surface area contributed by atoms with Crippen LogP contribution >= 0.6 is 23.4 Å². The second-order valence-electron chi connectivity index (χ2n) is 10.2. The molecule has 1 aliphatic heterocycles. The molecule has 192 valence electrons. The summed E-state index contributed by atoms with van der Waals surface area (Å²) in [6, 6.07) is 8.22. The van der Waals surface area contributed by atoms with Crippen LogP contribution in [0.5, 0.6) is 0 Å². The number of fused-ring (bicyclic) bond motifs is 2. The molecule has 1 N–H and O–H groups in total. The summed E-state index contributed by atoms with van der Waals surface area (Å²) < 4.78 is 5.34. The normalized spacial score (nSPS) is 15.6. The number of carbonyl (C=O) groups is 2. The summed E-state index contributed by atoms with van der Waals surface area (Å²) in [6.45, 7) is 9.19. The van der Waals surface area contributed by atoms with E-state index >= 15 is 0 Å². The zero-order valence-corrected chi connectivity index (χ0v) is 23.0. The molecule has 4 rings (SSSR count). The fraction of sp³-hybridized carbons (Fsp3) is 0.464. The molecule has 0 atom stereocenters. The van der Waals surface area contributed by atoms with Crippen molar-refractivity contribution in [3.05, 3.63) is 63.4 Å². The number of hydrogen-bond acceptors (Lipinski definition) is 5. The highest BCUT2D eigenvalue weighted by molar-refractivity contribution is 7.99. The topological polar surface area (TPSA) is 71.5 Å². The van der Waals surface area contributed by atoms with Crippen LogP contribution in [-0.4, -0.2) is 52.9 Å². The molecule has 1 aromatic carbocycles. The molecule has 2 heterocycles. The summed E-state index contributed by atoms with van der Waals surface area (Å²) in [5.41, 5.74) is 6.75. The van der Waals surface area contributed by atoms with Crippen molar-refractivity contribution < 1.29 is 14.3 Å². The predicted molar refractivity (Wildman–Crippen MR) is 146 cm³/mol. The van der Waals surface area contributed by atoms with E-state index in [-0.39, 0.29) is 5.91 Å². The van der Waals surface area contributed by atoms with Gasteiger partial charge < -0.3 is 15.0 Å². The van der Waals surface area contributed by atoms with E-state index in [1.807, 2.05) is 37.9 Å². The van der Waals surface area contributed by atoms with Gasteiger partial charge >= 0.3 is 6.09 Å². The number of benzene rings is 1. The standard InChI is InChI=1S/C28H34ClN3O3S/c1-18(33)32-14-10-19(11-15-32)25-22-8-6-21(29)17-20(22)5-7-23-24(9-12-30-26(23)25)36-16-13-31-27(34)35-28(2,3)4/h6,8-9,12,17H,5,7,10-11,13-16H2,1-4H3,(H,31,34). The Morgan fingerprint density at radius 1 is 1.14 bits per heavy atom. The van der Waals surface area contributed by atoms with Gasteiger partial charge in [0.25, 0.3) is 0 Å². The molecule has 1 aromatic heterocycles. The monoisotopic (exact) mass is 527 g/mol. The minimum Gasteiger partial charge on any atom is -0.444 e. The van der Waals surface area contributed by atoms with Gasteiger partial charge in [-0.2, -0.15) is 0 Å². The fourth-order valence-electron chi connectivity index (χ4n) is 4.79. The Morgan fingerprint density at radius 2 is 1.89 bits per heavy atom.